The SMILES string of the molecule is C=CC(=O)OCCN(C)c1ccccc1. The summed E-state index contributed by atoms with van der Waals surface area (Å²) in [6.07, 6.45) is 1.17. The van der Waals surface area contributed by atoms with Gasteiger partial charge < -0.3 is 9.64 Å². The standard InChI is InChI=1S/C12H15NO2/c1-3-12(14)15-10-9-13(2)11-7-5-4-6-8-11/h3-8H,1,9-10H2,2H3. The number of likely N-dealkylation sites (N-methyl/N-ethyl adjacent to an activating group) is 1. The first kappa shape index (κ1) is 11.3. The molecule has 0 spiro atoms. The highest BCUT2D eigenvalue weighted by molar-refractivity contribution is 5.81. The van der Waals surface area contributed by atoms with Gasteiger partial charge in [-0.3, -0.25) is 0 Å². The summed E-state index contributed by atoms with van der Waals surface area (Å²) < 4.78 is 4.88. The van der Waals surface area contributed by atoms with Crippen LogP contribution in [0.4, 0.5) is 5.69 Å². The molecule has 0 heterocycles. The van der Waals surface area contributed by atoms with Crippen molar-refractivity contribution < 1.29 is 9.53 Å². The summed E-state index contributed by atoms with van der Waals surface area (Å²) in [5.74, 6) is -0.378. The summed E-state index contributed by atoms with van der Waals surface area (Å²) in [6, 6.07) is 9.93. The molecular weight excluding hydrogens is 190 g/mol. The van der Waals surface area contributed by atoms with Crippen molar-refractivity contribution in [3.05, 3.63) is 43.0 Å². The van der Waals surface area contributed by atoms with E-state index >= 15 is 0 Å². The Kier molecular flexibility index (Phi) is 4.41. The highest BCUT2D eigenvalue weighted by Gasteiger charge is 2.00. The Labute approximate surface area is 90.0 Å². The molecule has 0 saturated carbocycles. The third kappa shape index (κ3) is 3.85. The van der Waals surface area contributed by atoms with Crippen LogP contribution in [0.25, 0.3) is 0 Å². The average molecular weight is 205 g/mol. The molecular formula is C12H15NO2. The molecule has 0 fully saturated rings. The summed E-state index contributed by atoms with van der Waals surface area (Å²) in [5.41, 5.74) is 1.10. The fraction of sp³-hybridized carbons (Fsp3) is 0.250. The predicted octanol–water partition coefficient (Wildman–Crippen LogP) is 1.85. The minimum Gasteiger partial charge on any atom is -0.461 e. The maximum atomic E-state index is 10.8. The Bertz CT molecular complexity index is 322. The van der Waals surface area contributed by atoms with E-state index in [2.05, 4.69) is 6.58 Å². The van der Waals surface area contributed by atoms with Gasteiger partial charge in [-0.15, -0.1) is 0 Å². The van der Waals surface area contributed by atoms with E-state index in [4.69, 9.17) is 4.74 Å². The molecule has 0 amide bonds. The van der Waals surface area contributed by atoms with Crippen LogP contribution in [0.5, 0.6) is 0 Å². The first-order valence-corrected chi connectivity index (χ1v) is 4.79. The normalized spacial score (nSPS) is 9.40. The Morgan fingerprint density at radius 2 is 2.13 bits per heavy atom. The number of carbonyl (C=O) groups excluding carboxylic acids is 1. The maximum Gasteiger partial charge on any atom is 0.330 e. The van der Waals surface area contributed by atoms with Gasteiger partial charge in [-0.05, 0) is 12.1 Å². The number of anilines is 1. The number of benzene rings is 1. The van der Waals surface area contributed by atoms with Crippen molar-refractivity contribution in [2.45, 2.75) is 0 Å². The molecule has 0 aliphatic heterocycles. The lowest BCUT2D eigenvalue weighted by molar-refractivity contribution is -0.137. The highest BCUT2D eigenvalue weighted by Crippen LogP contribution is 2.09. The molecule has 0 N–H and O–H groups in total. The van der Waals surface area contributed by atoms with Gasteiger partial charge in [0.2, 0.25) is 0 Å². The van der Waals surface area contributed by atoms with Crippen LogP contribution in [-0.2, 0) is 9.53 Å². The van der Waals surface area contributed by atoms with Crippen LogP contribution in [-0.4, -0.2) is 26.2 Å². The smallest absolute Gasteiger partial charge is 0.330 e. The van der Waals surface area contributed by atoms with Crippen molar-refractivity contribution in [1.29, 1.82) is 0 Å². The lowest BCUT2D eigenvalue weighted by Crippen LogP contribution is -2.23. The third-order valence-electron chi connectivity index (χ3n) is 2.03. The zero-order valence-electron chi connectivity index (χ0n) is 8.85. The monoisotopic (exact) mass is 205 g/mol. The summed E-state index contributed by atoms with van der Waals surface area (Å²) >= 11 is 0. The van der Waals surface area contributed by atoms with Crippen molar-refractivity contribution in [2.24, 2.45) is 0 Å². The second kappa shape index (κ2) is 5.86. The largest absolute Gasteiger partial charge is 0.461 e. The van der Waals surface area contributed by atoms with Crippen LogP contribution in [0.15, 0.2) is 43.0 Å². The Morgan fingerprint density at radius 1 is 1.47 bits per heavy atom. The second-order valence-corrected chi connectivity index (χ2v) is 3.13. The van der Waals surface area contributed by atoms with Gasteiger partial charge in [0.25, 0.3) is 0 Å². The maximum absolute atomic E-state index is 10.8. The number of ether oxygens (including phenoxy) is 1. The number of para-hydroxylation sites is 1. The first-order chi connectivity index (χ1) is 7.24. The fourth-order valence-electron chi connectivity index (χ4n) is 1.15. The molecule has 1 rings (SSSR count). The summed E-state index contributed by atoms with van der Waals surface area (Å²) in [6.45, 7) is 4.37. The Balaban J connectivity index is 2.34. The molecule has 3 heteroatoms. The molecule has 0 radical (unpaired) electrons. The summed E-state index contributed by atoms with van der Waals surface area (Å²) in [5, 5.41) is 0. The minimum atomic E-state index is -0.378. The predicted molar refractivity (Wildman–Crippen MR) is 60.9 cm³/mol. The quantitative estimate of drug-likeness (QED) is 0.542. The number of carbonyl (C=O) groups is 1. The molecule has 0 aromatic heterocycles. The van der Waals surface area contributed by atoms with Crippen molar-refractivity contribution in [1.82, 2.24) is 0 Å². The molecule has 0 saturated heterocycles. The second-order valence-electron chi connectivity index (χ2n) is 3.13. The van der Waals surface area contributed by atoms with Gasteiger partial charge in [0.15, 0.2) is 0 Å². The van der Waals surface area contributed by atoms with E-state index in [1.807, 2.05) is 42.3 Å². The van der Waals surface area contributed by atoms with Gasteiger partial charge >= 0.3 is 5.97 Å². The van der Waals surface area contributed by atoms with Gasteiger partial charge in [0, 0.05) is 18.8 Å². The van der Waals surface area contributed by atoms with E-state index in [9.17, 15) is 4.79 Å². The third-order valence-corrected chi connectivity index (χ3v) is 2.03. The van der Waals surface area contributed by atoms with Crippen LogP contribution in [0, 0.1) is 0 Å². The molecule has 1 aromatic carbocycles. The van der Waals surface area contributed by atoms with Crippen molar-refractivity contribution in [2.75, 3.05) is 25.1 Å². The zero-order valence-corrected chi connectivity index (χ0v) is 8.85. The topological polar surface area (TPSA) is 29.5 Å². The zero-order chi connectivity index (χ0) is 11.1. The highest BCUT2D eigenvalue weighted by atomic mass is 16.5. The van der Waals surface area contributed by atoms with Crippen LogP contribution in [0.1, 0.15) is 0 Å². The summed E-state index contributed by atoms with van der Waals surface area (Å²) in [4.78, 5) is 12.8. The average Bonchev–Trinajstić information content (AvgIpc) is 2.29. The van der Waals surface area contributed by atoms with E-state index < -0.39 is 0 Å². The molecule has 80 valence electrons. The van der Waals surface area contributed by atoms with E-state index in [0.717, 1.165) is 5.69 Å². The van der Waals surface area contributed by atoms with Crippen LogP contribution in [0.2, 0.25) is 0 Å². The van der Waals surface area contributed by atoms with Crippen LogP contribution >= 0.6 is 0 Å². The van der Waals surface area contributed by atoms with Gasteiger partial charge in [-0.1, -0.05) is 24.8 Å². The van der Waals surface area contributed by atoms with Crippen LogP contribution in [0.3, 0.4) is 0 Å². The van der Waals surface area contributed by atoms with E-state index in [1.165, 1.54) is 6.08 Å². The van der Waals surface area contributed by atoms with E-state index in [1.54, 1.807) is 0 Å². The molecule has 0 aliphatic carbocycles. The molecule has 15 heavy (non-hydrogen) atoms. The number of rotatable bonds is 5. The fourth-order valence-corrected chi connectivity index (χ4v) is 1.15. The van der Waals surface area contributed by atoms with Gasteiger partial charge in [0.05, 0.1) is 6.54 Å². The lowest BCUT2D eigenvalue weighted by Gasteiger charge is -2.18. The molecule has 0 atom stereocenters. The minimum absolute atomic E-state index is 0.371. The Hall–Kier alpha value is -1.77. The van der Waals surface area contributed by atoms with Gasteiger partial charge in [-0.25, -0.2) is 4.79 Å². The Morgan fingerprint density at radius 3 is 2.73 bits per heavy atom. The molecule has 1 aromatic rings. The van der Waals surface area contributed by atoms with Gasteiger partial charge in [0.1, 0.15) is 6.61 Å². The van der Waals surface area contributed by atoms with E-state index in [0.29, 0.717) is 13.2 Å². The molecule has 0 bridgehead atoms. The number of hydrogen-bond donors (Lipinski definition) is 0. The molecule has 0 aliphatic rings. The first-order valence-electron chi connectivity index (χ1n) is 4.79. The van der Waals surface area contributed by atoms with Crippen LogP contribution < -0.4 is 4.90 Å². The van der Waals surface area contributed by atoms with Crippen molar-refractivity contribution in [3.63, 3.8) is 0 Å². The lowest BCUT2D eigenvalue weighted by atomic mass is 10.3. The number of nitrogens with zero attached hydrogens (tertiary/aromatic N) is 1. The molecule has 3 nitrogen and oxygen atoms in total. The van der Waals surface area contributed by atoms with Gasteiger partial charge in [-0.2, -0.15) is 0 Å². The number of hydrogen-bond acceptors (Lipinski definition) is 3. The summed E-state index contributed by atoms with van der Waals surface area (Å²) in [7, 11) is 1.96. The van der Waals surface area contributed by atoms with E-state index in [-0.39, 0.29) is 5.97 Å². The number of esters is 1. The molecule has 0 unspecified atom stereocenters. The van der Waals surface area contributed by atoms with Crippen molar-refractivity contribution in [3.8, 4) is 0 Å². The van der Waals surface area contributed by atoms with Crippen molar-refractivity contribution >= 4 is 11.7 Å².